The molecule has 1 aliphatic rings. The predicted molar refractivity (Wildman–Crippen MR) is 119 cm³/mol. The lowest BCUT2D eigenvalue weighted by Gasteiger charge is -2.15. The van der Waals surface area contributed by atoms with Gasteiger partial charge in [-0.15, -0.1) is 11.3 Å². The van der Waals surface area contributed by atoms with Crippen molar-refractivity contribution in [3.05, 3.63) is 80.7 Å². The van der Waals surface area contributed by atoms with E-state index in [1.807, 2.05) is 6.07 Å². The van der Waals surface area contributed by atoms with E-state index in [9.17, 15) is 18.0 Å². The van der Waals surface area contributed by atoms with E-state index in [1.54, 1.807) is 24.4 Å². The largest absolute Gasteiger partial charge is 0.418 e. The molecule has 1 N–H and O–H groups in total. The number of fused-ring (bicyclic) bond motifs is 1. The number of carbonyl (C=O) groups is 1. The number of halogens is 4. The number of aliphatic imine (C=N–C) groups is 1. The number of para-hydroxylation sites is 1. The molecule has 1 aliphatic carbocycles. The first-order chi connectivity index (χ1) is 14.8. The van der Waals surface area contributed by atoms with Gasteiger partial charge in [0.15, 0.2) is 0 Å². The molecule has 1 aromatic heterocycles. The summed E-state index contributed by atoms with van der Waals surface area (Å²) >= 11 is 7.60. The number of anilines is 1. The summed E-state index contributed by atoms with van der Waals surface area (Å²) in [6, 6.07) is 12.1. The van der Waals surface area contributed by atoms with Crippen molar-refractivity contribution in [2.24, 2.45) is 4.99 Å². The lowest BCUT2D eigenvalue weighted by Crippen LogP contribution is -2.18. The van der Waals surface area contributed by atoms with E-state index in [4.69, 9.17) is 11.6 Å². The lowest BCUT2D eigenvalue weighted by molar-refractivity contribution is -0.136. The highest BCUT2D eigenvalue weighted by atomic mass is 35.5. The predicted octanol–water partition coefficient (Wildman–Crippen LogP) is 7.30. The van der Waals surface area contributed by atoms with Crippen LogP contribution in [-0.2, 0) is 19.0 Å². The van der Waals surface area contributed by atoms with E-state index in [0.29, 0.717) is 27.6 Å². The summed E-state index contributed by atoms with van der Waals surface area (Å²) < 4.78 is 40.1. The fourth-order valence-corrected chi connectivity index (χ4v) is 5.02. The molecule has 1 heterocycles. The van der Waals surface area contributed by atoms with Crippen LogP contribution in [0.5, 0.6) is 0 Å². The van der Waals surface area contributed by atoms with Crippen LogP contribution in [0.15, 0.2) is 53.5 Å². The molecule has 4 rings (SSSR count). The van der Waals surface area contributed by atoms with Crippen molar-refractivity contribution in [1.82, 2.24) is 0 Å². The Bertz CT molecular complexity index is 1150. The Kier molecular flexibility index (Phi) is 6.16. The maximum Gasteiger partial charge on any atom is 0.418 e. The molecule has 0 saturated heterocycles. The van der Waals surface area contributed by atoms with Crippen molar-refractivity contribution < 1.29 is 18.0 Å². The minimum atomic E-state index is -4.57. The minimum Gasteiger partial charge on any atom is -0.321 e. The van der Waals surface area contributed by atoms with Crippen LogP contribution in [0.25, 0.3) is 0 Å². The molecule has 0 saturated carbocycles. The van der Waals surface area contributed by atoms with E-state index in [2.05, 4.69) is 10.3 Å². The zero-order valence-electron chi connectivity index (χ0n) is 16.3. The first-order valence-corrected chi connectivity index (χ1v) is 10.9. The minimum absolute atomic E-state index is 0.267. The average molecular weight is 463 g/mol. The number of carbonyl (C=O) groups excluding carboxylic acids is 1. The van der Waals surface area contributed by atoms with Crippen molar-refractivity contribution in [3.63, 3.8) is 0 Å². The van der Waals surface area contributed by atoms with Gasteiger partial charge < -0.3 is 5.32 Å². The topological polar surface area (TPSA) is 41.5 Å². The van der Waals surface area contributed by atoms with Crippen LogP contribution in [0, 0.1) is 0 Å². The summed E-state index contributed by atoms with van der Waals surface area (Å²) in [6.07, 6.45) is 0.497. The van der Waals surface area contributed by atoms with Crippen LogP contribution < -0.4 is 5.32 Å². The van der Waals surface area contributed by atoms with Gasteiger partial charge in [-0.2, -0.15) is 13.2 Å². The molecule has 31 heavy (non-hydrogen) atoms. The maximum atomic E-state index is 13.4. The Morgan fingerprint density at radius 2 is 1.77 bits per heavy atom. The number of hydrogen-bond donors (Lipinski definition) is 1. The standard InChI is InChI=1S/C23H18ClF3N2OS/c24-17-10-4-1-7-14(17)13-28-22-20(15-8-2-6-12-19(15)31-22)21(30)29-18-11-5-3-9-16(18)23(25,26)27/h1,3-5,7,9-11,13H,2,6,8,12H2,(H,29,30)/b28-13+. The Hall–Kier alpha value is -2.64. The number of hydrogen-bond acceptors (Lipinski definition) is 3. The van der Waals surface area contributed by atoms with Gasteiger partial charge >= 0.3 is 6.18 Å². The van der Waals surface area contributed by atoms with Gasteiger partial charge in [-0.25, -0.2) is 4.99 Å². The molecule has 0 unspecified atom stereocenters. The van der Waals surface area contributed by atoms with Crippen LogP contribution in [0.3, 0.4) is 0 Å². The molecule has 8 heteroatoms. The Labute approximate surface area is 186 Å². The van der Waals surface area contributed by atoms with Gasteiger partial charge in [-0.1, -0.05) is 41.9 Å². The van der Waals surface area contributed by atoms with Crippen molar-refractivity contribution in [3.8, 4) is 0 Å². The van der Waals surface area contributed by atoms with Crippen LogP contribution in [0.2, 0.25) is 5.02 Å². The quantitative estimate of drug-likeness (QED) is 0.406. The van der Waals surface area contributed by atoms with Gasteiger partial charge in [-0.05, 0) is 49.4 Å². The zero-order valence-corrected chi connectivity index (χ0v) is 17.9. The second-order valence-corrected chi connectivity index (χ2v) is 8.66. The molecule has 2 aromatic carbocycles. The molecule has 0 fully saturated rings. The van der Waals surface area contributed by atoms with E-state index in [-0.39, 0.29) is 5.69 Å². The molecule has 1 amide bonds. The fourth-order valence-electron chi connectivity index (χ4n) is 3.61. The summed E-state index contributed by atoms with van der Waals surface area (Å²) in [5, 5.41) is 3.47. The molecular weight excluding hydrogens is 445 g/mol. The van der Waals surface area contributed by atoms with E-state index >= 15 is 0 Å². The number of amides is 1. The van der Waals surface area contributed by atoms with Gasteiger partial charge in [0, 0.05) is 21.7 Å². The monoisotopic (exact) mass is 462 g/mol. The SMILES string of the molecule is O=C(Nc1ccccc1C(F)(F)F)c1c(/N=C/c2ccccc2Cl)sc2c1CCCC2. The van der Waals surface area contributed by atoms with Gasteiger partial charge in [0.1, 0.15) is 5.00 Å². The number of thiophene rings is 1. The number of rotatable bonds is 4. The molecule has 0 bridgehead atoms. The Morgan fingerprint density at radius 1 is 1.06 bits per heavy atom. The molecule has 3 nitrogen and oxygen atoms in total. The number of nitrogens with zero attached hydrogens (tertiary/aromatic N) is 1. The van der Waals surface area contributed by atoms with Crippen molar-refractivity contribution in [2.75, 3.05) is 5.32 Å². The maximum absolute atomic E-state index is 13.4. The second kappa shape index (κ2) is 8.85. The molecular formula is C23H18ClF3N2OS. The first-order valence-electron chi connectivity index (χ1n) is 9.75. The third kappa shape index (κ3) is 4.67. The highest BCUT2D eigenvalue weighted by Gasteiger charge is 2.34. The number of aryl methyl sites for hydroxylation is 1. The molecule has 160 valence electrons. The smallest absolute Gasteiger partial charge is 0.321 e. The summed E-state index contributed by atoms with van der Waals surface area (Å²) in [5.74, 6) is -0.581. The van der Waals surface area contributed by atoms with Crippen LogP contribution in [0.1, 0.15) is 44.8 Å². The number of benzene rings is 2. The van der Waals surface area contributed by atoms with E-state index < -0.39 is 17.6 Å². The van der Waals surface area contributed by atoms with Crippen LogP contribution in [0.4, 0.5) is 23.9 Å². The Morgan fingerprint density at radius 3 is 2.55 bits per heavy atom. The normalized spacial score (nSPS) is 13.9. The number of nitrogens with one attached hydrogen (secondary N) is 1. The van der Waals surface area contributed by atoms with Gasteiger partial charge in [0.25, 0.3) is 5.91 Å². The average Bonchev–Trinajstić information content (AvgIpc) is 3.11. The summed E-state index contributed by atoms with van der Waals surface area (Å²) in [4.78, 5) is 18.7. The molecule has 3 aromatic rings. The molecule has 0 spiro atoms. The van der Waals surface area contributed by atoms with Crippen molar-refractivity contribution in [2.45, 2.75) is 31.9 Å². The lowest BCUT2D eigenvalue weighted by atomic mass is 9.95. The van der Waals surface area contributed by atoms with Crippen molar-refractivity contribution in [1.29, 1.82) is 0 Å². The first kappa shape index (κ1) is 21.6. The van der Waals surface area contributed by atoms with Crippen LogP contribution in [-0.4, -0.2) is 12.1 Å². The summed E-state index contributed by atoms with van der Waals surface area (Å²) in [7, 11) is 0. The summed E-state index contributed by atoms with van der Waals surface area (Å²) in [5.41, 5.74) is 0.777. The van der Waals surface area contributed by atoms with E-state index in [0.717, 1.165) is 35.8 Å². The number of alkyl halides is 3. The van der Waals surface area contributed by atoms with Crippen LogP contribution >= 0.6 is 22.9 Å². The Balaban J connectivity index is 1.72. The zero-order chi connectivity index (χ0) is 22.0. The fraction of sp³-hybridized carbons (Fsp3) is 0.217. The second-order valence-electron chi connectivity index (χ2n) is 7.17. The van der Waals surface area contributed by atoms with Crippen molar-refractivity contribution >= 4 is 45.7 Å². The third-order valence-corrected chi connectivity index (χ3v) is 6.63. The highest BCUT2D eigenvalue weighted by molar-refractivity contribution is 7.16. The molecule has 0 radical (unpaired) electrons. The molecule has 0 atom stereocenters. The summed E-state index contributed by atoms with van der Waals surface area (Å²) in [6.45, 7) is 0. The molecule has 0 aliphatic heterocycles. The van der Waals surface area contributed by atoms with Gasteiger partial charge in [-0.3, -0.25) is 4.79 Å². The highest BCUT2D eigenvalue weighted by Crippen LogP contribution is 2.41. The third-order valence-electron chi connectivity index (χ3n) is 5.09. The van der Waals surface area contributed by atoms with E-state index in [1.165, 1.54) is 29.5 Å². The van der Waals surface area contributed by atoms with Gasteiger partial charge in [0.2, 0.25) is 0 Å². The van der Waals surface area contributed by atoms with Gasteiger partial charge in [0.05, 0.1) is 16.8 Å².